The van der Waals surface area contributed by atoms with Crippen LogP contribution in [0.25, 0.3) is 0 Å². The van der Waals surface area contributed by atoms with Gasteiger partial charge in [-0.25, -0.2) is 17.2 Å². The SMILES string of the molecule is N#Cc1ccc(CSCC(=O)N2CCN(S(=O)(=O)c3c(F)cccc3F)CC2)cc1. The molecule has 0 saturated carbocycles. The summed E-state index contributed by atoms with van der Waals surface area (Å²) in [5, 5.41) is 8.80. The molecule has 6 nitrogen and oxygen atoms in total. The summed E-state index contributed by atoms with van der Waals surface area (Å²) in [6.45, 7) is 0.265. The van der Waals surface area contributed by atoms with Gasteiger partial charge in [-0.15, -0.1) is 11.8 Å². The van der Waals surface area contributed by atoms with Gasteiger partial charge in [0.05, 0.1) is 17.4 Å². The Morgan fingerprint density at radius 2 is 1.63 bits per heavy atom. The third kappa shape index (κ3) is 4.98. The van der Waals surface area contributed by atoms with Crippen LogP contribution in [0.15, 0.2) is 47.4 Å². The highest BCUT2D eigenvalue weighted by atomic mass is 32.2. The molecule has 3 rings (SSSR count). The molecule has 1 aliphatic rings. The first kappa shape index (κ1) is 22.2. The van der Waals surface area contributed by atoms with Crippen LogP contribution in [0, 0.1) is 23.0 Å². The molecular formula is C20H19F2N3O3S2. The Balaban J connectivity index is 1.52. The maximum absolute atomic E-state index is 13.9. The third-order valence-electron chi connectivity index (χ3n) is 4.69. The lowest BCUT2D eigenvalue weighted by Crippen LogP contribution is -2.51. The minimum Gasteiger partial charge on any atom is -0.339 e. The Morgan fingerprint density at radius 3 is 2.20 bits per heavy atom. The first-order valence-electron chi connectivity index (χ1n) is 9.11. The summed E-state index contributed by atoms with van der Waals surface area (Å²) >= 11 is 1.42. The van der Waals surface area contributed by atoms with Crippen LogP contribution in [0.5, 0.6) is 0 Å². The molecular weight excluding hydrogens is 432 g/mol. The number of sulfonamides is 1. The summed E-state index contributed by atoms with van der Waals surface area (Å²) in [4.78, 5) is 13.0. The molecule has 1 fully saturated rings. The molecule has 0 atom stereocenters. The van der Waals surface area contributed by atoms with Gasteiger partial charge in [0.25, 0.3) is 0 Å². The molecule has 2 aromatic carbocycles. The number of nitriles is 1. The normalized spacial score (nSPS) is 15.0. The van der Waals surface area contributed by atoms with Crippen LogP contribution >= 0.6 is 11.8 Å². The number of carbonyl (C=O) groups is 1. The van der Waals surface area contributed by atoms with Crippen molar-refractivity contribution in [3.8, 4) is 6.07 Å². The Bertz CT molecular complexity index is 1040. The zero-order valence-corrected chi connectivity index (χ0v) is 17.6. The summed E-state index contributed by atoms with van der Waals surface area (Å²) in [7, 11) is -4.31. The average molecular weight is 452 g/mol. The smallest absolute Gasteiger partial charge is 0.249 e. The molecule has 158 valence electrons. The van der Waals surface area contributed by atoms with Crippen molar-refractivity contribution in [2.75, 3.05) is 31.9 Å². The summed E-state index contributed by atoms with van der Waals surface area (Å²) in [6.07, 6.45) is 0. The summed E-state index contributed by atoms with van der Waals surface area (Å²) in [5.74, 6) is -1.55. The second-order valence-electron chi connectivity index (χ2n) is 6.64. The first-order chi connectivity index (χ1) is 14.3. The van der Waals surface area contributed by atoms with Gasteiger partial charge in [-0.1, -0.05) is 18.2 Å². The number of amides is 1. The van der Waals surface area contributed by atoms with Crippen LogP contribution in [-0.2, 0) is 20.6 Å². The zero-order chi connectivity index (χ0) is 21.7. The van der Waals surface area contributed by atoms with E-state index >= 15 is 0 Å². The maximum atomic E-state index is 13.9. The van der Waals surface area contributed by atoms with Crippen molar-refractivity contribution < 1.29 is 22.0 Å². The van der Waals surface area contributed by atoms with Crippen molar-refractivity contribution in [2.24, 2.45) is 0 Å². The van der Waals surface area contributed by atoms with Crippen molar-refractivity contribution in [3.63, 3.8) is 0 Å². The van der Waals surface area contributed by atoms with Crippen molar-refractivity contribution >= 4 is 27.7 Å². The fourth-order valence-electron chi connectivity index (χ4n) is 3.06. The highest BCUT2D eigenvalue weighted by molar-refractivity contribution is 7.99. The van der Waals surface area contributed by atoms with Crippen molar-refractivity contribution in [1.29, 1.82) is 5.26 Å². The van der Waals surface area contributed by atoms with E-state index in [2.05, 4.69) is 0 Å². The van der Waals surface area contributed by atoms with Gasteiger partial charge in [-0.2, -0.15) is 9.57 Å². The first-order valence-corrected chi connectivity index (χ1v) is 11.7. The van der Waals surface area contributed by atoms with Crippen LogP contribution in [0.2, 0.25) is 0 Å². The van der Waals surface area contributed by atoms with E-state index in [9.17, 15) is 22.0 Å². The fourth-order valence-corrected chi connectivity index (χ4v) is 5.48. The third-order valence-corrected chi connectivity index (χ3v) is 7.62. The zero-order valence-electron chi connectivity index (χ0n) is 15.9. The molecule has 1 saturated heterocycles. The Kier molecular flexibility index (Phi) is 7.07. The van der Waals surface area contributed by atoms with Gasteiger partial charge >= 0.3 is 0 Å². The van der Waals surface area contributed by atoms with Gasteiger partial charge in [0, 0.05) is 31.9 Å². The average Bonchev–Trinajstić information content (AvgIpc) is 2.74. The summed E-state index contributed by atoms with van der Waals surface area (Å²) in [6, 6.07) is 12.1. The molecule has 1 aliphatic heterocycles. The lowest BCUT2D eigenvalue weighted by molar-refractivity contribution is -0.129. The molecule has 10 heteroatoms. The molecule has 0 bridgehead atoms. The molecule has 1 amide bonds. The Hall–Kier alpha value is -2.48. The van der Waals surface area contributed by atoms with Gasteiger partial charge in [0.1, 0.15) is 11.6 Å². The number of hydrogen-bond acceptors (Lipinski definition) is 5. The largest absolute Gasteiger partial charge is 0.339 e. The number of carbonyl (C=O) groups excluding carboxylic acids is 1. The van der Waals surface area contributed by atoms with Crippen LogP contribution < -0.4 is 0 Å². The lowest BCUT2D eigenvalue weighted by Gasteiger charge is -2.34. The number of hydrogen-bond donors (Lipinski definition) is 0. The molecule has 0 aliphatic carbocycles. The monoisotopic (exact) mass is 451 g/mol. The maximum Gasteiger partial charge on any atom is 0.249 e. The number of rotatable bonds is 6. The van der Waals surface area contributed by atoms with Crippen LogP contribution in [0.3, 0.4) is 0 Å². The van der Waals surface area contributed by atoms with Gasteiger partial charge in [-0.05, 0) is 29.8 Å². The molecule has 0 aromatic heterocycles. The molecule has 1 heterocycles. The predicted molar refractivity (Wildman–Crippen MR) is 109 cm³/mol. The van der Waals surface area contributed by atoms with Gasteiger partial charge in [0.2, 0.25) is 15.9 Å². The minimum absolute atomic E-state index is 0.0257. The molecule has 30 heavy (non-hydrogen) atoms. The van der Waals surface area contributed by atoms with Crippen molar-refractivity contribution in [3.05, 3.63) is 65.2 Å². The van der Waals surface area contributed by atoms with Gasteiger partial charge < -0.3 is 4.90 Å². The number of benzene rings is 2. The van der Waals surface area contributed by atoms with E-state index in [0.29, 0.717) is 11.3 Å². The quantitative estimate of drug-likeness (QED) is 0.674. The number of piperazine rings is 1. The Morgan fingerprint density at radius 1 is 1.03 bits per heavy atom. The highest BCUT2D eigenvalue weighted by Gasteiger charge is 2.33. The molecule has 0 spiro atoms. The number of halogens is 2. The standard InChI is InChI=1S/C20H19F2N3O3S2/c21-17-2-1-3-18(22)20(17)30(27,28)25-10-8-24(9-11-25)19(26)14-29-13-16-6-4-15(12-23)5-7-16/h1-7H,8-11,13-14H2. The van der Waals surface area contributed by atoms with E-state index in [0.717, 1.165) is 28.1 Å². The van der Waals surface area contributed by atoms with E-state index in [4.69, 9.17) is 5.26 Å². The summed E-state index contributed by atoms with van der Waals surface area (Å²) < 4.78 is 54.0. The number of nitrogens with zero attached hydrogens (tertiary/aromatic N) is 3. The molecule has 0 N–H and O–H groups in total. The Labute approximate surface area is 178 Å². The van der Waals surface area contributed by atoms with Gasteiger partial charge in [-0.3, -0.25) is 4.79 Å². The molecule has 0 radical (unpaired) electrons. The van der Waals surface area contributed by atoms with Crippen molar-refractivity contribution in [1.82, 2.24) is 9.21 Å². The minimum atomic E-state index is -4.31. The molecule has 0 unspecified atom stereocenters. The highest BCUT2D eigenvalue weighted by Crippen LogP contribution is 2.24. The number of thioether (sulfide) groups is 1. The lowest BCUT2D eigenvalue weighted by atomic mass is 10.2. The van der Waals surface area contributed by atoms with Gasteiger partial charge in [0.15, 0.2) is 4.90 Å². The molecule has 2 aromatic rings. The second-order valence-corrected chi connectivity index (χ2v) is 9.50. The van der Waals surface area contributed by atoms with Crippen LogP contribution in [0.4, 0.5) is 8.78 Å². The van der Waals surface area contributed by atoms with E-state index in [1.54, 1.807) is 17.0 Å². The van der Waals surface area contributed by atoms with Crippen LogP contribution in [-0.4, -0.2) is 55.5 Å². The summed E-state index contributed by atoms with van der Waals surface area (Å²) in [5.41, 5.74) is 1.57. The van der Waals surface area contributed by atoms with E-state index in [-0.39, 0.29) is 37.8 Å². The van der Waals surface area contributed by atoms with Crippen LogP contribution in [0.1, 0.15) is 11.1 Å². The topological polar surface area (TPSA) is 81.5 Å². The second kappa shape index (κ2) is 9.55. The van der Waals surface area contributed by atoms with E-state index in [1.807, 2.05) is 18.2 Å². The predicted octanol–water partition coefficient (Wildman–Crippen LogP) is 2.60. The van der Waals surface area contributed by atoms with Crippen molar-refractivity contribution in [2.45, 2.75) is 10.6 Å². The van der Waals surface area contributed by atoms with E-state index in [1.165, 1.54) is 11.8 Å². The van der Waals surface area contributed by atoms with E-state index < -0.39 is 26.6 Å². The fraction of sp³-hybridized carbons (Fsp3) is 0.300.